The number of methoxy groups -OCH3 is 1. The molecule has 0 aliphatic carbocycles. The molecule has 3 rings (SSSR count). The first kappa shape index (κ1) is 16.0. The van der Waals surface area contributed by atoms with Crippen LogP contribution in [0.5, 0.6) is 5.75 Å². The molecule has 23 heavy (non-hydrogen) atoms. The number of hydrogen-bond acceptors (Lipinski definition) is 4. The van der Waals surface area contributed by atoms with E-state index >= 15 is 0 Å². The minimum atomic E-state index is 0.725. The van der Waals surface area contributed by atoms with Crippen LogP contribution >= 0.6 is 22.9 Å². The molecule has 0 amide bonds. The Morgan fingerprint density at radius 3 is 2.83 bits per heavy atom. The van der Waals surface area contributed by atoms with Crippen molar-refractivity contribution in [3.63, 3.8) is 0 Å². The number of benzene rings is 2. The van der Waals surface area contributed by atoms with Crippen molar-refractivity contribution in [1.29, 1.82) is 0 Å². The lowest BCUT2D eigenvalue weighted by Gasteiger charge is -2.08. The van der Waals surface area contributed by atoms with Crippen LogP contribution in [0.25, 0.3) is 10.4 Å². The first-order valence-electron chi connectivity index (χ1n) is 7.29. The Labute approximate surface area is 144 Å². The zero-order valence-electron chi connectivity index (χ0n) is 12.8. The standard InChI is InChI=1S/C18H17ClN2OS/c1-22-16-8-3-2-5-14(16)10-20-12-18-21-11-17(23-18)13-6-4-7-15(19)9-13/h2-9,11,20H,10,12H2,1H3. The highest BCUT2D eigenvalue weighted by Gasteiger charge is 2.06. The fourth-order valence-electron chi connectivity index (χ4n) is 2.32. The Bertz CT molecular complexity index is 788. The molecule has 0 unspecified atom stereocenters. The predicted octanol–water partition coefficient (Wildman–Crippen LogP) is 4.76. The van der Waals surface area contributed by atoms with Gasteiger partial charge >= 0.3 is 0 Å². The van der Waals surface area contributed by atoms with E-state index in [0.29, 0.717) is 0 Å². The van der Waals surface area contributed by atoms with E-state index in [9.17, 15) is 0 Å². The predicted molar refractivity (Wildman–Crippen MR) is 96.1 cm³/mol. The van der Waals surface area contributed by atoms with Gasteiger partial charge in [-0.1, -0.05) is 41.9 Å². The van der Waals surface area contributed by atoms with E-state index in [4.69, 9.17) is 16.3 Å². The summed E-state index contributed by atoms with van der Waals surface area (Å²) < 4.78 is 5.36. The van der Waals surface area contributed by atoms with Gasteiger partial charge in [-0.3, -0.25) is 0 Å². The molecular formula is C18H17ClN2OS. The van der Waals surface area contributed by atoms with E-state index in [0.717, 1.165) is 44.9 Å². The Kier molecular flexibility index (Phi) is 5.28. The van der Waals surface area contributed by atoms with Crippen LogP contribution in [0.4, 0.5) is 0 Å². The van der Waals surface area contributed by atoms with Gasteiger partial charge in [0.15, 0.2) is 0 Å². The summed E-state index contributed by atoms with van der Waals surface area (Å²) in [5, 5.41) is 5.20. The second kappa shape index (κ2) is 7.59. The summed E-state index contributed by atoms with van der Waals surface area (Å²) >= 11 is 7.72. The maximum absolute atomic E-state index is 6.04. The van der Waals surface area contributed by atoms with Crippen molar-refractivity contribution in [1.82, 2.24) is 10.3 Å². The highest BCUT2D eigenvalue weighted by molar-refractivity contribution is 7.15. The lowest BCUT2D eigenvalue weighted by atomic mass is 10.2. The second-order valence-corrected chi connectivity index (χ2v) is 6.60. The van der Waals surface area contributed by atoms with E-state index in [2.05, 4.69) is 16.4 Å². The number of ether oxygens (including phenoxy) is 1. The molecule has 0 saturated carbocycles. The quantitative estimate of drug-likeness (QED) is 0.700. The monoisotopic (exact) mass is 344 g/mol. The van der Waals surface area contributed by atoms with Crippen molar-refractivity contribution in [2.24, 2.45) is 0 Å². The van der Waals surface area contributed by atoms with Crippen molar-refractivity contribution in [3.8, 4) is 16.2 Å². The molecule has 0 spiro atoms. The fraction of sp³-hybridized carbons (Fsp3) is 0.167. The van der Waals surface area contributed by atoms with Gasteiger partial charge in [-0.05, 0) is 23.8 Å². The number of rotatable bonds is 6. The van der Waals surface area contributed by atoms with Gasteiger partial charge in [-0.2, -0.15) is 0 Å². The van der Waals surface area contributed by atoms with E-state index in [-0.39, 0.29) is 0 Å². The van der Waals surface area contributed by atoms with Gasteiger partial charge in [0.25, 0.3) is 0 Å². The summed E-state index contributed by atoms with van der Waals surface area (Å²) in [5.41, 5.74) is 2.24. The molecule has 0 fully saturated rings. The first-order chi connectivity index (χ1) is 11.3. The van der Waals surface area contributed by atoms with E-state index in [1.54, 1.807) is 18.4 Å². The molecular weight excluding hydrogens is 328 g/mol. The summed E-state index contributed by atoms with van der Waals surface area (Å²) in [6.45, 7) is 1.47. The van der Waals surface area contributed by atoms with E-state index in [1.165, 1.54) is 0 Å². The average Bonchev–Trinajstić information content (AvgIpc) is 3.04. The SMILES string of the molecule is COc1ccccc1CNCc1ncc(-c2cccc(Cl)c2)s1. The zero-order valence-corrected chi connectivity index (χ0v) is 14.3. The van der Waals surface area contributed by atoms with Crippen LogP contribution in [-0.2, 0) is 13.1 Å². The van der Waals surface area contributed by atoms with Crippen LogP contribution in [0, 0.1) is 0 Å². The molecule has 3 aromatic rings. The second-order valence-electron chi connectivity index (χ2n) is 5.04. The molecule has 0 atom stereocenters. The largest absolute Gasteiger partial charge is 0.496 e. The minimum absolute atomic E-state index is 0.725. The molecule has 0 aliphatic heterocycles. The number of thiazole rings is 1. The molecule has 3 nitrogen and oxygen atoms in total. The van der Waals surface area contributed by atoms with Crippen molar-refractivity contribution >= 4 is 22.9 Å². The number of hydrogen-bond donors (Lipinski definition) is 1. The van der Waals surface area contributed by atoms with Crippen molar-refractivity contribution in [3.05, 3.63) is 70.3 Å². The Morgan fingerprint density at radius 1 is 1.13 bits per heavy atom. The van der Waals surface area contributed by atoms with Gasteiger partial charge in [-0.15, -0.1) is 11.3 Å². The molecule has 0 radical (unpaired) electrons. The van der Waals surface area contributed by atoms with Gasteiger partial charge < -0.3 is 10.1 Å². The van der Waals surface area contributed by atoms with Gasteiger partial charge in [0, 0.05) is 29.9 Å². The topological polar surface area (TPSA) is 34.1 Å². The van der Waals surface area contributed by atoms with Crippen LogP contribution in [0.1, 0.15) is 10.6 Å². The Morgan fingerprint density at radius 2 is 2.00 bits per heavy atom. The maximum atomic E-state index is 6.04. The number of halogens is 1. The normalized spacial score (nSPS) is 10.7. The van der Waals surface area contributed by atoms with Gasteiger partial charge in [0.2, 0.25) is 0 Å². The van der Waals surface area contributed by atoms with Gasteiger partial charge in [-0.25, -0.2) is 4.98 Å². The third-order valence-corrected chi connectivity index (χ3v) is 4.73. The number of nitrogens with zero attached hydrogens (tertiary/aromatic N) is 1. The Balaban J connectivity index is 1.61. The van der Waals surface area contributed by atoms with Crippen LogP contribution < -0.4 is 10.1 Å². The summed E-state index contributed by atoms with van der Waals surface area (Å²) in [6.07, 6.45) is 1.90. The first-order valence-corrected chi connectivity index (χ1v) is 8.49. The molecule has 1 aromatic heterocycles. The highest BCUT2D eigenvalue weighted by atomic mass is 35.5. The van der Waals surface area contributed by atoms with Crippen molar-refractivity contribution in [2.75, 3.05) is 7.11 Å². The highest BCUT2D eigenvalue weighted by Crippen LogP contribution is 2.28. The van der Waals surface area contributed by atoms with Gasteiger partial charge in [0.1, 0.15) is 10.8 Å². The summed E-state index contributed by atoms with van der Waals surface area (Å²) in [4.78, 5) is 5.60. The average molecular weight is 345 g/mol. The summed E-state index contributed by atoms with van der Waals surface area (Å²) in [5.74, 6) is 0.902. The number of aromatic nitrogens is 1. The van der Waals surface area contributed by atoms with Crippen LogP contribution in [0.3, 0.4) is 0 Å². The van der Waals surface area contributed by atoms with E-state index in [1.807, 2.05) is 48.7 Å². The van der Waals surface area contributed by atoms with E-state index < -0.39 is 0 Å². The minimum Gasteiger partial charge on any atom is -0.496 e. The molecule has 1 heterocycles. The molecule has 118 valence electrons. The Hall–Kier alpha value is -1.88. The van der Waals surface area contributed by atoms with Crippen molar-refractivity contribution < 1.29 is 4.74 Å². The molecule has 0 saturated heterocycles. The molecule has 2 aromatic carbocycles. The van der Waals surface area contributed by atoms with Crippen molar-refractivity contribution in [2.45, 2.75) is 13.1 Å². The lowest BCUT2D eigenvalue weighted by molar-refractivity contribution is 0.407. The lowest BCUT2D eigenvalue weighted by Crippen LogP contribution is -2.13. The number of para-hydroxylation sites is 1. The smallest absolute Gasteiger partial charge is 0.123 e. The van der Waals surface area contributed by atoms with Crippen LogP contribution in [-0.4, -0.2) is 12.1 Å². The maximum Gasteiger partial charge on any atom is 0.123 e. The summed E-state index contributed by atoms with van der Waals surface area (Å²) in [6, 6.07) is 15.9. The zero-order chi connectivity index (χ0) is 16.1. The van der Waals surface area contributed by atoms with Crippen LogP contribution in [0.2, 0.25) is 5.02 Å². The fourth-order valence-corrected chi connectivity index (χ4v) is 3.39. The molecule has 5 heteroatoms. The molecule has 0 aliphatic rings. The van der Waals surface area contributed by atoms with Gasteiger partial charge in [0.05, 0.1) is 12.0 Å². The summed E-state index contributed by atoms with van der Waals surface area (Å²) in [7, 11) is 1.69. The molecule has 1 N–H and O–H groups in total. The third kappa shape index (κ3) is 4.10. The van der Waals surface area contributed by atoms with Crippen LogP contribution in [0.15, 0.2) is 54.7 Å². The number of nitrogens with one attached hydrogen (secondary N) is 1. The molecule has 0 bridgehead atoms. The third-order valence-electron chi connectivity index (χ3n) is 3.45.